The Labute approximate surface area is 195 Å². The van der Waals surface area contributed by atoms with Gasteiger partial charge in [-0.15, -0.1) is 0 Å². The number of hydrogen-bond acceptors (Lipinski definition) is 7. The summed E-state index contributed by atoms with van der Waals surface area (Å²) < 4.78 is 37.6. The minimum Gasteiger partial charge on any atom is -0.387 e. The van der Waals surface area contributed by atoms with Gasteiger partial charge in [0.05, 0.1) is 35.7 Å². The fraction of sp³-hybridized carbons (Fsp3) is 0.273. The number of aromatic nitrogens is 2. The molecular weight excluding hydrogens is 451 g/mol. The van der Waals surface area contributed by atoms with Crippen LogP contribution >= 0.6 is 0 Å². The first-order chi connectivity index (χ1) is 16.0. The third-order valence-corrected chi connectivity index (χ3v) is 4.50. The number of amides is 1. The van der Waals surface area contributed by atoms with Crippen molar-refractivity contribution in [3.63, 3.8) is 0 Å². The van der Waals surface area contributed by atoms with E-state index in [9.17, 15) is 22.8 Å². The van der Waals surface area contributed by atoms with Gasteiger partial charge in [-0.05, 0) is 44.3 Å². The van der Waals surface area contributed by atoms with Crippen LogP contribution in [-0.2, 0) is 22.3 Å². The number of hydrogen-bond donors (Lipinski definition) is 2. The average molecular weight is 477 g/mol. The summed E-state index contributed by atoms with van der Waals surface area (Å²) in [7, 11) is 1.85. The van der Waals surface area contributed by atoms with Gasteiger partial charge in [-0.2, -0.15) is 13.2 Å². The second-order valence-electron chi connectivity index (χ2n) is 6.80. The van der Waals surface area contributed by atoms with Gasteiger partial charge in [-0.1, -0.05) is 6.58 Å². The first kappa shape index (κ1) is 27.9. The Morgan fingerprint density at radius 2 is 2.00 bits per heavy atom. The second-order valence-corrected chi connectivity index (χ2v) is 6.80. The van der Waals surface area contributed by atoms with Gasteiger partial charge in [0.2, 0.25) is 6.29 Å². The highest BCUT2D eigenvalue weighted by Crippen LogP contribution is 2.28. The molecule has 0 aliphatic rings. The maximum atomic E-state index is 12.5. The molecule has 2 aromatic rings. The van der Waals surface area contributed by atoms with E-state index in [1.165, 1.54) is 6.20 Å². The molecule has 3 N–H and O–H groups in total. The molecule has 0 aliphatic carbocycles. The Morgan fingerprint density at radius 1 is 1.32 bits per heavy atom. The van der Waals surface area contributed by atoms with E-state index in [1.807, 2.05) is 20.0 Å². The summed E-state index contributed by atoms with van der Waals surface area (Å²) in [4.78, 5) is 38.9. The monoisotopic (exact) mass is 477 g/mol. The highest BCUT2D eigenvalue weighted by Gasteiger charge is 2.31. The summed E-state index contributed by atoms with van der Waals surface area (Å²) in [6.07, 6.45) is -0.847. The number of alkyl halides is 3. The van der Waals surface area contributed by atoms with Crippen LogP contribution in [0.15, 0.2) is 53.4 Å². The van der Waals surface area contributed by atoms with E-state index in [1.54, 1.807) is 13.1 Å². The number of aliphatic imine (C=N–C) groups is 2. The zero-order valence-electron chi connectivity index (χ0n) is 19.0. The summed E-state index contributed by atoms with van der Waals surface area (Å²) in [5, 5.41) is 2.98. The number of aldehydes is 1. The van der Waals surface area contributed by atoms with Crippen LogP contribution in [0.4, 0.5) is 24.7 Å². The number of nitrogens with two attached hydrogens (primary N) is 1. The van der Waals surface area contributed by atoms with Gasteiger partial charge in [-0.3, -0.25) is 14.6 Å². The van der Waals surface area contributed by atoms with Crippen molar-refractivity contribution in [1.29, 1.82) is 0 Å². The van der Waals surface area contributed by atoms with Crippen molar-refractivity contribution in [2.45, 2.75) is 32.6 Å². The molecule has 34 heavy (non-hydrogen) atoms. The maximum absolute atomic E-state index is 12.5. The quantitative estimate of drug-likeness (QED) is 0.273. The summed E-state index contributed by atoms with van der Waals surface area (Å²) in [6, 6.07) is 3.19. The largest absolute Gasteiger partial charge is 0.417 e. The first-order valence-corrected chi connectivity index (χ1v) is 9.81. The Kier molecular flexibility index (Phi) is 10.5. The Morgan fingerprint density at radius 3 is 2.44 bits per heavy atom. The van der Waals surface area contributed by atoms with Gasteiger partial charge in [0, 0.05) is 19.4 Å². The minimum absolute atomic E-state index is 0.0925. The Balaban J connectivity index is 0.000000479. The molecule has 0 aliphatic heterocycles. The molecule has 2 rings (SSSR count). The molecule has 1 atom stereocenters. The van der Waals surface area contributed by atoms with Crippen LogP contribution in [0.5, 0.6) is 0 Å². The van der Waals surface area contributed by atoms with Crippen molar-refractivity contribution < 1.29 is 22.8 Å². The maximum Gasteiger partial charge on any atom is 0.417 e. The second kappa shape index (κ2) is 12.8. The van der Waals surface area contributed by atoms with Crippen LogP contribution in [0.2, 0.25) is 0 Å². The molecule has 182 valence electrons. The predicted molar refractivity (Wildman–Crippen MR) is 125 cm³/mol. The van der Waals surface area contributed by atoms with E-state index in [4.69, 9.17) is 5.73 Å². The summed E-state index contributed by atoms with van der Waals surface area (Å²) in [5.74, 6) is -0.157. The number of aryl methyl sites for hydroxylation is 1. The van der Waals surface area contributed by atoms with Crippen LogP contribution in [0.3, 0.4) is 0 Å². The van der Waals surface area contributed by atoms with Gasteiger partial charge in [0.25, 0.3) is 5.91 Å². The SMILES string of the molecule is C=CN=C(N=C)C(C)N(Cc1ccc(C(F)(F)F)cn1)C(=O)C=O.CNc1cnc(N)c(C)c1. The lowest BCUT2D eigenvalue weighted by atomic mass is 10.2. The number of anilines is 2. The summed E-state index contributed by atoms with van der Waals surface area (Å²) in [6.45, 7) is 10.0. The van der Waals surface area contributed by atoms with Crippen LogP contribution < -0.4 is 11.1 Å². The molecule has 0 saturated carbocycles. The van der Waals surface area contributed by atoms with Crippen molar-refractivity contribution in [3.8, 4) is 0 Å². The standard InChI is InChI=1S/C15H15F3N4O2.C7H11N3/c1-4-20-14(19-3)10(2)22(13(24)9-23)8-12-6-5-11(7-21-12)15(16,17)18;1-5-3-6(9-2)4-10-7(5)8/h4-7,9-10H,1,3,8H2,2H3;3-4,9H,1-2H3,(H2,8,10). The number of pyridine rings is 2. The van der Waals surface area contributed by atoms with Crippen molar-refractivity contribution in [3.05, 3.63) is 60.2 Å². The van der Waals surface area contributed by atoms with Crippen molar-refractivity contribution >= 4 is 36.3 Å². The predicted octanol–water partition coefficient (Wildman–Crippen LogP) is 3.27. The molecule has 1 amide bonds. The van der Waals surface area contributed by atoms with Crippen LogP contribution in [0, 0.1) is 6.92 Å². The van der Waals surface area contributed by atoms with Crippen molar-refractivity contribution in [1.82, 2.24) is 14.9 Å². The van der Waals surface area contributed by atoms with Crippen LogP contribution in [-0.4, -0.2) is 52.7 Å². The Bertz CT molecular complexity index is 1040. The molecule has 0 spiro atoms. The molecule has 2 aromatic heterocycles. The van der Waals surface area contributed by atoms with Gasteiger partial charge >= 0.3 is 6.18 Å². The molecule has 0 bridgehead atoms. The number of amidine groups is 1. The van der Waals surface area contributed by atoms with E-state index < -0.39 is 23.7 Å². The lowest BCUT2D eigenvalue weighted by Crippen LogP contribution is -2.43. The minimum atomic E-state index is -4.51. The normalized spacial score (nSPS) is 12.0. The molecule has 0 aromatic carbocycles. The molecule has 2 heterocycles. The number of nitrogens with zero attached hydrogens (tertiary/aromatic N) is 5. The van der Waals surface area contributed by atoms with E-state index in [2.05, 4.69) is 38.6 Å². The lowest BCUT2D eigenvalue weighted by molar-refractivity contribution is -0.140. The third kappa shape index (κ3) is 8.11. The van der Waals surface area contributed by atoms with Crippen molar-refractivity contribution in [2.75, 3.05) is 18.1 Å². The van der Waals surface area contributed by atoms with Gasteiger partial charge < -0.3 is 16.0 Å². The van der Waals surface area contributed by atoms with E-state index >= 15 is 0 Å². The molecule has 0 fully saturated rings. The molecular formula is C22H26F3N7O2. The fourth-order valence-corrected chi connectivity index (χ4v) is 2.57. The number of carbonyl (C=O) groups is 2. The zero-order chi connectivity index (χ0) is 25.9. The highest BCUT2D eigenvalue weighted by atomic mass is 19.4. The smallest absolute Gasteiger partial charge is 0.387 e. The van der Waals surface area contributed by atoms with Gasteiger partial charge in [-0.25, -0.2) is 15.0 Å². The summed E-state index contributed by atoms with van der Waals surface area (Å²) >= 11 is 0. The van der Waals surface area contributed by atoms with Crippen molar-refractivity contribution in [2.24, 2.45) is 9.98 Å². The molecule has 1 unspecified atom stereocenters. The molecule has 0 saturated heterocycles. The average Bonchev–Trinajstić information content (AvgIpc) is 2.82. The fourth-order valence-electron chi connectivity index (χ4n) is 2.57. The number of rotatable bonds is 7. The Hall–Kier alpha value is -4.09. The molecule has 12 heteroatoms. The lowest BCUT2D eigenvalue weighted by Gasteiger charge is -2.26. The number of nitrogens with one attached hydrogen (secondary N) is 1. The third-order valence-electron chi connectivity index (χ3n) is 4.50. The van der Waals surface area contributed by atoms with Crippen LogP contribution in [0.25, 0.3) is 0 Å². The van der Waals surface area contributed by atoms with E-state index in [-0.39, 0.29) is 24.4 Å². The first-order valence-electron chi connectivity index (χ1n) is 9.81. The van der Waals surface area contributed by atoms with E-state index in [0.29, 0.717) is 12.0 Å². The topological polar surface area (TPSA) is 126 Å². The summed E-state index contributed by atoms with van der Waals surface area (Å²) in [5.41, 5.74) is 6.77. The molecule has 0 radical (unpaired) electrons. The highest BCUT2D eigenvalue weighted by molar-refractivity contribution is 6.24. The molecule has 9 nitrogen and oxygen atoms in total. The van der Waals surface area contributed by atoms with Gasteiger partial charge in [0.1, 0.15) is 11.7 Å². The number of nitrogen functional groups attached to an aromatic ring is 1. The number of carbonyl (C=O) groups excluding carboxylic acids is 2. The zero-order valence-corrected chi connectivity index (χ0v) is 19.0. The van der Waals surface area contributed by atoms with Crippen LogP contribution in [0.1, 0.15) is 23.7 Å². The number of halogens is 3. The van der Waals surface area contributed by atoms with Gasteiger partial charge in [0.15, 0.2) is 0 Å². The van der Waals surface area contributed by atoms with E-state index in [0.717, 1.165) is 28.3 Å².